The Morgan fingerprint density at radius 1 is 1.30 bits per heavy atom. The number of nitrogens with one attached hydrogen (secondary N) is 1. The van der Waals surface area contributed by atoms with Crippen LogP contribution < -0.4 is 5.32 Å². The van der Waals surface area contributed by atoms with Gasteiger partial charge in [0.25, 0.3) is 11.8 Å². The van der Waals surface area contributed by atoms with E-state index < -0.39 is 23.8 Å². The first-order valence-electron chi connectivity index (χ1n) is 11.2. The highest BCUT2D eigenvalue weighted by Crippen LogP contribution is 2.29. The van der Waals surface area contributed by atoms with E-state index in [1.807, 2.05) is 23.3 Å². The summed E-state index contributed by atoms with van der Waals surface area (Å²) in [7, 11) is 0. The van der Waals surface area contributed by atoms with Crippen molar-refractivity contribution >= 4 is 11.8 Å². The highest BCUT2D eigenvalue weighted by Gasteiger charge is 2.34. The molecule has 2 aromatic heterocycles. The summed E-state index contributed by atoms with van der Waals surface area (Å²) in [6.07, 6.45) is -1.02. The molecule has 7 nitrogen and oxygen atoms in total. The predicted octanol–water partition coefficient (Wildman–Crippen LogP) is 3.94. The maximum Gasteiger partial charge on any atom is 0.433 e. The standard InChI is InChI=1S/C23H27F3N4O3/c1-3-17(15-6-7-20(27-12-15)23(24,25)26)28-21(31)18-11-16(19-13-33-10-9-30(18)19)22(32)29-8-4-5-14(29)2/h6-7,11-12,14,17H,3-5,8-10,13H2,1-2H3,(H,28,31). The van der Waals surface area contributed by atoms with E-state index >= 15 is 0 Å². The number of nitrogens with zero attached hydrogens (tertiary/aromatic N) is 3. The molecule has 1 fully saturated rings. The smallest absolute Gasteiger partial charge is 0.373 e. The van der Waals surface area contributed by atoms with Crippen LogP contribution in [-0.4, -0.2) is 45.5 Å². The Balaban J connectivity index is 1.58. The number of alkyl halides is 3. The molecular formula is C23H27F3N4O3. The molecule has 0 radical (unpaired) electrons. The maximum atomic E-state index is 13.2. The third-order valence-electron chi connectivity index (χ3n) is 6.38. The third-order valence-corrected chi connectivity index (χ3v) is 6.38. The van der Waals surface area contributed by atoms with Crippen LogP contribution in [0.1, 0.15) is 76.9 Å². The Morgan fingerprint density at radius 3 is 2.70 bits per heavy atom. The van der Waals surface area contributed by atoms with Gasteiger partial charge in [0, 0.05) is 25.3 Å². The van der Waals surface area contributed by atoms with Gasteiger partial charge in [-0.05, 0) is 43.9 Å². The zero-order chi connectivity index (χ0) is 23.8. The van der Waals surface area contributed by atoms with Gasteiger partial charge < -0.3 is 19.5 Å². The fourth-order valence-electron chi connectivity index (χ4n) is 4.52. The molecule has 4 rings (SSSR count). The normalized spacial score (nSPS) is 19.3. The predicted molar refractivity (Wildman–Crippen MR) is 114 cm³/mol. The van der Waals surface area contributed by atoms with Gasteiger partial charge in [0.2, 0.25) is 0 Å². The van der Waals surface area contributed by atoms with E-state index in [-0.39, 0.29) is 18.6 Å². The van der Waals surface area contributed by atoms with Gasteiger partial charge in [0.15, 0.2) is 0 Å². The highest BCUT2D eigenvalue weighted by atomic mass is 19.4. The Bertz CT molecular complexity index is 1030. The van der Waals surface area contributed by atoms with Gasteiger partial charge >= 0.3 is 6.18 Å². The highest BCUT2D eigenvalue weighted by molar-refractivity contribution is 6.01. The van der Waals surface area contributed by atoms with E-state index in [0.717, 1.165) is 25.1 Å². The number of hydrogen-bond acceptors (Lipinski definition) is 4. The van der Waals surface area contributed by atoms with Crippen molar-refractivity contribution < 1.29 is 27.5 Å². The second-order valence-electron chi connectivity index (χ2n) is 8.49. The summed E-state index contributed by atoms with van der Waals surface area (Å²) in [6, 6.07) is 3.48. The summed E-state index contributed by atoms with van der Waals surface area (Å²) in [4.78, 5) is 31.7. The summed E-state index contributed by atoms with van der Waals surface area (Å²) in [5.41, 5.74) is 1.00. The summed E-state index contributed by atoms with van der Waals surface area (Å²) >= 11 is 0. The molecular weight excluding hydrogens is 437 g/mol. The number of likely N-dealkylation sites (tertiary alicyclic amines) is 1. The first kappa shape index (κ1) is 23.3. The quantitative estimate of drug-likeness (QED) is 0.727. The van der Waals surface area contributed by atoms with E-state index in [9.17, 15) is 22.8 Å². The molecule has 2 aliphatic rings. The van der Waals surface area contributed by atoms with Gasteiger partial charge in [-0.25, -0.2) is 0 Å². The lowest BCUT2D eigenvalue weighted by molar-refractivity contribution is -0.141. The van der Waals surface area contributed by atoms with Gasteiger partial charge in [-0.15, -0.1) is 0 Å². The molecule has 2 aromatic rings. The summed E-state index contributed by atoms with van der Waals surface area (Å²) in [5.74, 6) is -0.495. The lowest BCUT2D eigenvalue weighted by atomic mass is 10.1. The average molecular weight is 464 g/mol. The third kappa shape index (κ3) is 4.62. The number of fused-ring (bicyclic) bond motifs is 1. The van der Waals surface area contributed by atoms with Crippen LogP contribution in [0, 0.1) is 0 Å². The maximum absolute atomic E-state index is 13.2. The molecule has 2 atom stereocenters. The summed E-state index contributed by atoms with van der Waals surface area (Å²) < 4.78 is 45.8. The Kier molecular flexibility index (Phi) is 6.47. The van der Waals surface area contributed by atoms with E-state index in [4.69, 9.17) is 4.74 Å². The van der Waals surface area contributed by atoms with Gasteiger partial charge in [-0.2, -0.15) is 13.2 Å². The van der Waals surface area contributed by atoms with E-state index in [1.54, 1.807) is 6.07 Å². The number of pyridine rings is 1. The monoisotopic (exact) mass is 464 g/mol. The van der Waals surface area contributed by atoms with Crippen molar-refractivity contribution in [1.82, 2.24) is 19.8 Å². The molecule has 10 heteroatoms. The van der Waals surface area contributed by atoms with Gasteiger partial charge in [0.1, 0.15) is 11.4 Å². The van der Waals surface area contributed by atoms with Crippen LogP contribution in [0.4, 0.5) is 13.2 Å². The molecule has 0 saturated carbocycles. The number of rotatable bonds is 5. The van der Waals surface area contributed by atoms with Crippen LogP contribution in [0.15, 0.2) is 24.4 Å². The Hall–Kier alpha value is -2.88. The minimum absolute atomic E-state index is 0.104. The fraction of sp³-hybridized carbons (Fsp3) is 0.522. The van der Waals surface area contributed by atoms with Crippen molar-refractivity contribution in [2.45, 2.75) is 64.5 Å². The van der Waals surface area contributed by atoms with Gasteiger partial charge in [-0.1, -0.05) is 13.0 Å². The largest absolute Gasteiger partial charge is 0.433 e. The number of halogens is 3. The van der Waals surface area contributed by atoms with Crippen molar-refractivity contribution in [3.63, 3.8) is 0 Å². The lowest BCUT2D eigenvalue weighted by Gasteiger charge is -2.23. The number of aromatic nitrogens is 2. The SMILES string of the molecule is CCC(NC(=O)c1cc(C(=O)N2CCCC2C)c2n1CCOC2)c1ccc(C(F)(F)F)nc1. The minimum atomic E-state index is -4.52. The first-order valence-corrected chi connectivity index (χ1v) is 11.2. The van der Waals surface area contributed by atoms with Crippen molar-refractivity contribution in [2.24, 2.45) is 0 Å². The number of amides is 2. The molecule has 0 bridgehead atoms. The zero-order valence-corrected chi connectivity index (χ0v) is 18.6. The van der Waals surface area contributed by atoms with Crippen LogP contribution in [0.25, 0.3) is 0 Å². The Morgan fingerprint density at radius 2 is 2.09 bits per heavy atom. The zero-order valence-electron chi connectivity index (χ0n) is 18.6. The van der Waals surface area contributed by atoms with E-state index in [2.05, 4.69) is 10.3 Å². The number of carbonyl (C=O) groups is 2. The van der Waals surface area contributed by atoms with Gasteiger partial charge in [-0.3, -0.25) is 14.6 Å². The van der Waals surface area contributed by atoms with Crippen LogP contribution in [0.5, 0.6) is 0 Å². The van der Waals surface area contributed by atoms with Crippen LogP contribution in [0.3, 0.4) is 0 Å². The number of ether oxygens (including phenoxy) is 1. The van der Waals surface area contributed by atoms with Crippen LogP contribution in [-0.2, 0) is 24.1 Å². The molecule has 0 aromatic carbocycles. The molecule has 1 N–H and O–H groups in total. The van der Waals surface area contributed by atoms with Crippen molar-refractivity contribution in [2.75, 3.05) is 13.2 Å². The molecule has 2 amide bonds. The number of carbonyl (C=O) groups excluding carboxylic acids is 2. The second-order valence-corrected chi connectivity index (χ2v) is 8.49. The first-order chi connectivity index (χ1) is 15.7. The summed E-state index contributed by atoms with van der Waals surface area (Å²) in [6.45, 7) is 5.65. The van der Waals surface area contributed by atoms with Crippen molar-refractivity contribution in [1.29, 1.82) is 0 Å². The topological polar surface area (TPSA) is 76.5 Å². The van der Waals surface area contributed by atoms with E-state index in [0.29, 0.717) is 48.6 Å². The molecule has 0 spiro atoms. The average Bonchev–Trinajstić information content (AvgIpc) is 3.40. The van der Waals surface area contributed by atoms with Gasteiger partial charge in [0.05, 0.1) is 30.5 Å². The van der Waals surface area contributed by atoms with Crippen LogP contribution in [0.2, 0.25) is 0 Å². The molecule has 1 saturated heterocycles. The molecule has 2 unspecified atom stereocenters. The summed E-state index contributed by atoms with van der Waals surface area (Å²) in [5, 5.41) is 2.89. The van der Waals surface area contributed by atoms with Crippen molar-refractivity contribution in [3.8, 4) is 0 Å². The van der Waals surface area contributed by atoms with Crippen LogP contribution >= 0.6 is 0 Å². The lowest BCUT2D eigenvalue weighted by Crippen LogP contribution is -2.34. The molecule has 33 heavy (non-hydrogen) atoms. The van der Waals surface area contributed by atoms with E-state index in [1.165, 1.54) is 6.07 Å². The Labute approximate surface area is 189 Å². The molecule has 178 valence electrons. The second kappa shape index (κ2) is 9.17. The molecule has 4 heterocycles. The fourth-order valence-corrected chi connectivity index (χ4v) is 4.52. The molecule has 0 aliphatic carbocycles. The van der Waals surface area contributed by atoms with Crippen molar-refractivity contribution in [3.05, 3.63) is 52.6 Å². The minimum Gasteiger partial charge on any atom is -0.373 e. The molecule has 2 aliphatic heterocycles. The number of hydrogen-bond donors (Lipinski definition) is 1.